The Morgan fingerprint density at radius 2 is 1.35 bits per heavy atom. The van der Waals surface area contributed by atoms with Gasteiger partial charge in [-0.05, 0) is 12.8 Å². The highest BCUT2D eigenvalue weighted by atomic mass is 16.8. The largest absolute Gasteiger partial charge is 0.334 e. The SMILES string of the molecule is N#CC1CCC(OCOC2CCC(C#N)O2)O1. The van der Waals surface area contributed by atoms with Crippen LogP contribution in [0.5, 0.6) is 0 Å². The molecule has 6 nitrogen and oxygen atoms in total. The Kier molecular flexibility index (Phi) is 4.29. The first kappa shape index (κ1) is 12.3. The van der Waals surface area contributed by atoms with E-state index in [1.807, 2.05) is 12.1 Å². The monoisotopic (exact) mass is 238 g/mol. The summed E-state index contributed by atoms with van der Waals surface area (Å²) in [6, 6.07) is 4.07. The molecular formula is C11H14N2O4. The van der Waals surface area contributed by atoms with E-state index in [1.54, 1.807) is 0 Å². The molecule has 4 atom stereocenters. The van der Waals surface area contributed by atoms with E-state index < -0.39 is 0 Å². The van der Waals surface area contributed by atoms with Gasteiger partial charge in [0.05, 0.1) is 12.1 Å². The van der Waals surface area contributed by atoms with Crippen LogP contribution in [0.3, 0.4) is 0 Å². The Morgan fingerprint density at radius 3 is 1.71 bits per heavy atom. The predicted octanol–water partition coefficient (Wildman–Crippen LogP) is 1.03. The number of ether oxygens (including phenoxy) is 4. The van der Waals surface area contributed by atoms with Crippen molar-refractivity contribution in [3.8, 4) is 12.1 Å². The van der Waals surface area contributed by atoms with Crippen LogP contribution in [0.4, 0.5) is 0 Å². The number of nitrogens with zero attached hydrogens (tertiary/aromatic N) is 2. The summed E-state index contributed by atoms with van der Waals surface area (Å²) in [4.78, 5) is 0. The topological polar surface area (TPSA) is 84.5 Å². The van der Waals surface area contributed by atoms with Crippen molar-refractivity contribution in [1.82, 2.24) is 0 Å². The summed E-state index contributed by atoms with van der Waals surface area (Å²) in [5.74, 6) is 0. The molecule has 6 heteroatoms. The van der Waals surface area contributed by atoms with Crippen molar-refractivity contribution >= 4 is 0 Å². The van der Waals surface area contributed by atoms with Crippen LogP contribution in [-0.4, -0.2) is 31.6 Å². The van der Waals surface area contributed by atoms with Gasteiger partial charge in [-0.2, -0.15) is 10.5 Å². The maximum absolute atomic E-state index is 8.63. The Labute approximate surface area is 99.6 Å². The van der Waals surface area contributed by atoms with Crippen molar-refractivity contribution in [2.45, 2.75) is 50.5 Å². The third-order valence-corrected chi connectivity index (χ3v) is 2.76. The molecule has 0 aromatic carbocycles. The second-order valence-corrected chi connectivity index (χ2v) is 3.97. The summed E-state index contributed by atoms with van der Waals surface area (Å²) < 4.78 is 21.1. The van der Waals surface area contributed by atoms with Crippen LogP contribution >= 0.6 is 0 Å². The van der Waals surface area contributed by atoms with Gasteiger partial charge in [-0.1, -0.05) is 0 Å². The van der Waals surface area contributed by atoms with E-state index >= 15 is 0 Å². The smallest absolute Gasteiger partial charge is 0.162 e. The summed E-state index contributed by atoms with van der Waals surface area (Å²) in [5.41, 5.74) is 0. The van der Waals surface area contributed by atoms with Crippen LogP contribution in [0.15, 0.2) is 0 Å². The van der Waals surface area contributed by atoms with Gasteiger partial charge in [0.2, 0.25) is 0 Å². The second kappa shape index (κ2) is 5.95. The standard InChI is InChI=1S/C11H14N2O4/c12-5-8-1-3-10(16-8)14-7-15-11-4-2-9(6-13)17-11/h8-11H,1-4,7H2. The highest BCUT2D eigenvalue weighted by Gasteiger charge is 2.28. The van der Waals surface area contributed by atoms with Gasteiger partial charge in [-0.25, -0.2) is 0 Å². The average molecular weight is 238 g/mol. The first-order chi connectivity index (χ1) is 8.31. The van der Waals surface area contributed by atoms with Crippen LogP contribution < -0.4 is 0 Å². The molecule has 2 saturated heterocycles. The lowest BCUT2D eigenvalue weighted by atomic mass is 10.2. The van der Waals surface area contributed by atoms with Gasteiger partial charge in [0.1, 0.15) is 12.2 Å². The minimum absolute atomic E-state index is 0.0611. The molecule has 2 aliphatic heterocycles. The van der Waals surface area contributed by atoms with Crippen molar-refractivity contribution in [2.24, 2.45) is 0 Å². The molecule has 0 saturated carbocycles. The van der Waals surface area contributed by atoms with Gasteiger partial charge in [0.15, 0.2) is 19.4 Å². The number of hydrogen-bond acceptors (Lipinski definition) is 6. The maximum atomic E-state index is 8.63. The first-order valence-corrected chi connectivity index (χ1v) is 5.65. The van der Waals surface area contributed by atoms with Crippen molar-refractivity contribution < 1.29 is 18.9 Å². The fourth-order valence-corrected chi connectivity index (χ4v) is 1.84. The summed E-state index contributed by atoms with van der Waals surface area (Å²) >= 11 is 0. The average Bonchev–Trinajstić information content (AvgIpc) is 2.97. The van der Waals surface area contributed by atoms with Crippen molar-refractivity contribution in [3.05, 3.63) is 0 Å². The molecule has 0 N–H and O–H groups in total. The summed E-state index contributed by atoms with van der Waals surface area (Å²) in [6.45, 7) is 0.0611. The van der Waals surface area contributed by atoms with Crippen molar-refractivity contribution in [2.75, 3.05) is 6.79 Å². The summed E-state index contributed by atoms with van der Waals surface area (Å²) in [7, 11) is 0. The zero-order chi connectivity index (χ0) is 12.1. The van der Waals surface area contributed by atoms with Crippen molar-refractivity contribution in [3.63, 3.8) is 0 Å². The van der Waals surface area contributed by atoms with Gasteiger partial charge in [-0.3, -0.25) is 0 Å². The van der Waals surface area contributed by atoms with Gasteiger partial charge in [0.25, 0.3) is 0 Å². The zero-order valence-corrected chi connectivity index (χ0v) is 9.37. The molecular weight excluding hydrogens is 224 g/mol. The number of nitriles is 2. The number of hydrogen-bond donors (Lipinski definition) is 0. The molecule has 2 aliphatic rings. The lowest BCUT2D eigenvalue weighted by Crippen LogP contribution is -2.20. The molecule has 0 spiro atoms. The van der Waals surface area contributed by atoms with E-state index in [-0.39, 0.29) is 31.6 Å². The van der Waals surface area contributed by atoms with E-state index in [1.165, 1.54) is 0 Å². The normalized spacial score (nSPS) is 36.6. The van der Waals surface area contributed by atoms with Gasteiger partial charge in [0, 0.05) is 12.8 Å². The Bertz CT molecular complexity index is 303. The fourth-order valence-electron chi connectivity index (χ4n) is 1.84. The predicted molar refractivity (Wildman–Crippen MR) is 54.1 cm³/mol. The van der Waals surface area contributed by atoms with Crippen LogP contribution in [0.2, 0.25) is 0 Å². The maximum Gasteiger partial charge on any atom is 0.162 e. The first-order valence-electron chi connectivity index (χ1n) is 5.65. The summed E-state index contributed by atoms with van der Waals surface area (Å²) in [5, 5.41) is 17.3. The minimum atomic E-state index is -0.370. The number of rotatable bonds is 4. The molecule has 2 rings (SSSR count). The highest BCUT2D eigenvalue weighted by Crippen LogP contribution is 2.22. The lowest BCUT2D eigenvalue weighted by molar-refractivity contribution is -0.231. The molecule has 4 unspecified atom stereocenters. The van der Waals surface area contributed by atoms with E-state index in [4.69, 9.17) is 29.5 Å². The van der Waals surface area contributed by atoms with Crippen molar-refractivity contribution in [1.29, 1.82) is 10.5 Å². The molecule has 0 bridgehead atoms. The quantitative estimate of drug-likeness (QED) is 0.680. The Morgan fingerprint density at radius 1 is 0.882 bits per heavy atom. The second-order valence-electron chi connectivity index (χ2n) is 3.97. The van der Waals surface area contributed by atoms with Crippen LogP contribution in [-0.2, 0) is 18.9 Å². The molecule has 0 aromatic rings. The molecule has 92 valence electrons. The van der Waals surface area contributed by atoms with E-state index in [9.17, 15) is 0 Å². The van der Waals surface area contributed by atoms with Crippen LogP contribution in [0, 0.1) is 22.7 Å². The molecule has 0 amide bonds. The third kappa shape index (κ3) is 3.39. The van der Waals surface area contributed by atoms with Gasteiger partial charge >= 0.3 is 0 Å². The third-order valence-electron chi connectivity index (χ3n) is 2.76. The van der Waals surface area contributed by atoms with E-state index in [0.717, 1.165) is 0 Å². The molecule has 2 heterocycles. The molecule has 17 heavy (non-hydrogen) atoms. The Hall–Kier alpha value is -1.18. The van der Waals surface area contributed by atoms with Crippen LogP contribution in [0.25, 0.3) is 0 Å². The van der Waals surface area contributed by atoms with Crippen LogP contribution in [0.1, 0.15) is 25.7 Å². The van der Waals surface area contributed by atoms with E-state index in [0.29, 0.717) is 25.7 Å². The lowest BCUT2D eigenvalue weighted by Gasteiger charge is -2.15. The zero-order valence-electron chi connectivity index (χ0n) is 9.37. The summed E-state index contributed by atoms with van der Waals surface area (Å²) in [6.07, 6.45) is 1.31. The highest BCUT2D eigenvalue weighted by molar-refractivity contribution is 4.88. The van der Waals surface area contributed by atoms with Gasteiger partial charge in [-0.15, -0.1) is 0 Å². The van der Waals surface area contributed by atoms with Gasteiger partial charge < -0.3 is 18.9 Å². The fraction of sp³-hybridized carbons (Fsp3) is 0.818. The van der Waals surface area contributed by atoms with E-state index in [2.05, 4.69) is 0 Å². The molecule has 0 aliphatic carbocycles. The Balaban J connectivity index is 1.58. The molecule has 0 radical (unpaired) electrons. The molecule has 0 aromatic heterocycles. The minimum Gasteiger partial charge on any atom is -0.334 e. The molecule has 2 fully saturated rings.